The van der Waals surface area contributed by atoms with Gasteiger partial charge in [-0.2, -0.15) is 0 Å². The number of hydrogen-bond donors (Lipinski definition) is 1. The number of alkyl halides is 1. The highest BCUT2D eigenvalue weighted by Crippen LogP contribution is 2.05. The zero-order valence-electron chi connectivity index (χ0n) is 8.83. The summed E-state index contributed by atoms with van der Waals surface area (Å²) in [5.41, 5.74) is 5.68. The Kier molecular flexibility index (Phi) is 8.50. The van der Waals surface area contributed by atoms with E-state index in [0.717, 1.165) is 19.5 Å². The van der Waals surface area contributed by atoms with Crippen molar-refractivity contribution in [3.05, 3.63) is 0 Å². The molecule has 1 fully saturated rings. The van der Waals surface area contributed by atoms with Crippen LogP contribution in [0.4, 0.5) is 0 Å². The quantitative estimate of drug-likeness (QED) is 0.472. The highest BCUT2D eigenvalue weighted by atomic mass is 127. The lowest BCUT2D eigenvalue weighted by Gasteiger charge is -2.13. The van der Waals surface area contributed by atoms with E-state index < -0.39 is 0 Å². The molecule has 5 heteroatoms. The van der Waals surface area contributed by atoms with Crippen LogP contribution in [0.1, 0.15) is 13.3 Å². The predicted molar refractivity (Wildman–Crippen MR) is 65.6 cm³/mol. The van der Waals surface area contributed by atoms with Gasteiger partial charge in [0.15, 0.2) is 0 Å². The van der Waals surface area contributed by atoms with Gasteiger partial charge in [-0.25, -0.2) is 0 Å². The second-order valence-electron chi connectivity index (χ2n) is 3.09. The lowest BCUT2D eigenvalue weighted by Crippen LogP contribution is -2.31. The van der Waals surface area contributed by atoms with Crippen LogP contribution in [-0.2, 0) is 9.53 Å². The van der Waals surface area contributed by atoms with Crippen LogP contribution in [0.3, 0.4) is 0 Å². The van der Waals surface area contributed by atoms with Gasteiger partial charge in [-0.3, -0.25) is 9.69 Å². The third-order valence-electron chi connectivity index (χ3n) is 1.97. The van der Waals surface area contributed by atoms with Crippen molar-refractivity contribution in [2.75, 3.05) is 31.2 Å². The first-order valence-corrected chi connectivity index (χ1v) is 6.89. The van der Waals surface area contributed by atoms with Crippen LogP contribution in [0.5, 0.6) is 0 Å². The van der Waals surface area contributed by atoms with Crippen molar-refractivity contribution in [1.29, 1.82) is 0 Å². The fourth-order valence-corrected chi connectivity index (χ4v) is 1.40. The van der Waals surface area contributed by atoms with Gasteiger partial charge in [0.2, 0.25) is 0 Å². The second-order valence-corrected chi connectivity index (χ2v) is 3.09. The number of hydrogen-bond acceptors (Lipinski definition) is 4. The van der Waals surface area contributed by atoms with Crippen LogP contribution >= 0.6 is 22.6 Å². The molecular formula is C9H19IN2O2. The topological polar surface area (TPSA) is 55.6 Å². The number of esters is 1. The third kappa shape index (κ3) is 5.77. The number of rotatable bonds is 3. The molecule has 0 spiro atoms. The van der Waals surface area contributed by atoms with E-state index in [0.29, 0.717) is 13.2 Å². The van der Waals surface area contributed by atoms with Crippen molar-refractivity contribution in [2.45, 2.75) is 19.4 Å². The zero-order chi connectivity index (χ0) is 11.0. The number of likely N-dealkylation sites (tertiary alicyclic amines) is 1. The van der Waals surface area contributed by atoms with E-state index >= 15 is 0 Å². The molecule has 84 valence electrons. The summed E-state index contributed by atoms with van der Waals surface area (Å²) in [5.74, 6) is -0.147. The molecule has 0 aromatic carbocycles. The lowest BCUT2D eigenvalue weighted by molar-refractivity contribution is -0.144. The van der Waals surface area contributed by atoms with E-state index in [1.54, 1.807) is 0 Å². The Morgan fingerprint density at radius 1 is 1.64 bits per heavy atom. The van der Waals surface area contributed by atoms with Gasteiger partial charge >= 0.3 is 5.97 Å². The standard InChI is InChI=1S/C8H16N2O2.CH3I/c1-2-12-8(11)6-10-4-3-7(9)5-10;1-2/h7H,2-6,9H2,1H3;1H3/t7-;/m1./s1. The number of ether oxygens (including phenoxy) is 1. The first kappa shape index (κ1) is 14.1. The van der Waals surface area contributed by atoms with Crippen molar-refractivity contribution in [3.63, 3.8) is 0 Å². The van der Waals surface area contributed by atoms with E-state index in [4.69, 9.17) is 10.5 Å². The molecule has 1 aliphatic heterocycles. The Balaban J connectivity index is 0.000000791. The maximum Gasteiger partial charge on any atom is 0.320 e. The number of nitrogens with two attached hydrogens (primary N) is 1. The van der Waals surface area contributed by atoms with Crippen molar-refractivity contribution >= 4 is 28.6 Å². The van der Waals surface area contributed by atoms with Gasteiger partial charge < -0.3 is 10.5 Å². The molecule has 0 saturated carbocycles. The van der Waals surface area contributed by atoms with Gasteiger partial charge in [0.1, 0.15) is 0 Å². The van der Waals surface area contributed by atoms with E-state index in [2.05, 4.69) is 22.6 Å². The summed E-state index contributed by atoms with van der Waals surface area (Å²) in [7, 11) is 0. The summed E-state index contributed by atoms with van der Waals surface area (Å²) in [5, 5.41) is 0. The summed E-state index contributed by atoms with van der Waals surface area (Å²) in [6.45, 7) is 4.40. The summed E-state index contributed by atoms with van der Waals surface area (Å²) in [6.07, 6.45) is 0.986. The van der Waals surface area contributed by atoms with E-state index in [1.807, 2.05) is 16.8 Å². The van der Waals surface area contributed by atoms with Gasteiger partial charge in [0.05, 0.1) is 13.2 Å². The molecule has 2 N–H and O–H groups in total. The van der Waals surface area contributed by atoms with Crippen LogP contribution in [0.15, 0.2) is 0 Å². The summed E-state index contributed by atoms with van der Waals surface area (Å²) < 4.78 is 4.82. The fourth-order valence-electron chi connectivity index (χ4n) is 1.40. The average molecular weight is 314 g/mol. The molecule has 14 heavy (non-hydrogen) atoms. The molecule has 1 atom stereocenters. The first-order valence-electron chi connectivity index (χ1n) is 4.73. The predicted octanol–water partition coefficient (Wildman–Crippen LogP) is 0.634. The van der Waals surface area contributed by atoms with Gasteiger partial charge in [-0.15, -0.1) is 0 Å². The number of carbonyl (C=O) groups excluding carboxylic acids is 1. The largest absolute Gasteiger partial charge is 0.465 e. The van der Waals surface area contributed by atoms with Crippen LogP contribution in [-0.4, -0.2) is 48.1 Å². The van der Waals surface area contributed by atoms with Gasteiger partial charge in [-0.05, 0) is 18.3 Å². The van der Waals surface area contributed by atoms with Crippen LogP contribution in [0, 0.1) is 0 Å². The van der Waals surface area contributed by atoms with Crippen molar-refractivity contribution < 1.29 is 9.53 Å². The number of nitrogens with zero attached hydrogens (tertiary/aromatic N) is 1. The minimum absolute atomic E-state index is 0.147. The molecule has 1 rings (SSSR count). The van der Waals surface area contributed by atoms with E-state index in [1.165, 1.54) is 0 Å². The van der Waals surface area contributed by atoms with E-state index in [-0.39, 0.29) is 12.0 Å². The van der Waals surface area contributed by atoms with Crippen molar-refractivity contribution in [3.8, 4) is 0 Å². The molecule has 0 amide bonds. The molecule has 0 aliphatic carbocycles. The van der Waals surface area contributed by atoms with Gasteiger partial charge in [0, 0.05) is 19.1 Å². The smallest absolute Gasteiger partial charge is 0.320 e. The molecule has 1 saturated heterocycles. The maximum atomic E-state index is 11.0. The SMILES string of the molecule is CCOC(=O)CN1CC[C@@H](N)C1.CI. The van der Waals surface area contributed by atoms with Crippen LogP contribution in [0.25, 0.3) is 0 Å². The van der Waals surface area contributed by atoms with Crippen molar-refractivity contribution in [2.24, 2.45) is 5.73 Å². The molecule has 0 aromatic rings. The summed E-state index contributed by atoms with van der Waals surface area (Å²) >= 11 is 2.15. The highest BCUT2D eigenvalue weighted by molar-refractivity contribution is 14.1. The zero-order valence-corrected chi connectivity index (χ0v) is 11.0. The second kappa shape index (κ2) is 8.43. The monoisotopic (exact) mass is 314 g/mol. The summed E-state index contributed by atoms with van der Waals surface area (Å²) in [4.78, 5) is 15.0. The van der Waals surface area contributed by atoms with Crippen LogP contribution < -0.4 is 5.73 Å². The van der Waals surface area contributed by atoms with Crippen LogP contribution in [0.2, 0.25) is 0 Å². The lowest BCUT2D eigenvalue weighted by atomic mass is 10.3. The molecule has 1 aliphatic rings. The van der Waals surface area contributed by atoms with Gasteiger partial charge in [0.25, 0.3) is 0 Å². The summed E-state index contributed by atoms with van der Waals surface area (Å²) in [6, 6.07) is 0.236. The molecule has 1 heterocycles. The van der Waals surface area contributed by atoms with Gasteiger partial charge in [-0.1, -0.05) is 22.6 Å². The number of halogens is 1. The molecule has 0 bridgehead atoms. The normalized spacial score (nSPS) is 21.3. The Morgan fingerprint density at radius 3 is 2.71 bits per heavy atom. The average Bonchev–Trinajstić information content (AvgIpc) is 2.55. The molecule has 4 nitrogen and oxygen atoms in total. The molecule has 0 aromatic heterocycles. The Labute approximate surface area is 99.3 Å². The first-order chi connectivity index (χ1) is 6.72. The van der Waals surface area contributed by atoms with Crippen molar-refractivity contribution in [1.82, 2.24) is 4.90 Å². The molecule has 0 unspecified atom stereocenters. The third-order valence-corrected chi connectivity index (χ3v) is 1.97. The minimum atomic E-state index is -0.147. The molecular weight excluding hydrogens is 295 g/mol. The number of carbonyl (C=O) groups is 1. The Hall–Kier alpha value is 0.120. The molecule has 0 radical (unpaired) electrons. The highest BCUT2D eigenvalue weighted by Gasteiger charge is 2.21. The minimum Gasteiger partial charge on any atom is -0.465 e. The van der Waals surface area contributed by atoms with E-state index in [9.17, 15) is 4.79 Å². The Bertz CT molecular complexity index is 167. The fraction of sp³-hybridized carbons (Fsp3) is 0.889. The Morgan fingerprint density at radius 2 is 2.29 bits per heavy atom. The maximum absolute atomic E-state index is 11.0.